The van der Waals surface area contributed by atoms with Crippen LogP contribution < -0.4 is 10.5 Å². The maximum atomic E-state index is 5.76. The van der Waals surface area contributed by atoms with Crippen LogP contribution >= 0.6 is 11.8 Å². The van der Waals surface area contributed by atoms with Gasteiger partial charge in [0.1, 0.15) is 11.9 Å². The number of hydrogen-bond acceptors (Lipinski definition) is 3. The molecule has 0 bridgehead atoms. The molecule has 0 spiro atoms. The van der Waals surface area contributed by atoms with Gasteiger partial charge in [-0.05, 0) is 24.3 Å². The summed E-state index contributed by atoms with van der Waals surface area (Å²) in [6, 6.07) is 7.63. The van der Waals surface area contributed by atoms with E-state index in [0.29, 0.717) is 6.10 Å². The average Bonchev–Trinajstić information content (AvgIpc) is 2.57. The summed E-state index contributed by atoms with van der Waals surface area (Å²) in [4.78, 5) is 0. The molecule has 70 valence electrons. The maximum Gasteiger partial charge on any atom is 0.121 e. The summed E-state index contributed by atoms with van der Waals surface area (Å²) in [6.07, 6.45) is 1.53. The van der Waals surface area contributed by atoms with E-state index in [1.54, 1.807) is 0 Å². The molecule has 0 aromatic heterocycles. The lowest BCUT2D eigenvalue weighted by molar-refractivity contribution is 0.229. The van der Waals surface area contributed by atoms with Crippen molar-refractivity contribution in [2.75, 3.05) is 17.2 Å². The quantitative estimate of drug-likeness (QED) is 0.734. The summed E-state index contributed by atoms with van der Waals surface area (Å²) < 4.78 is 5.76. The van der Waals surface area contributed by atoms with Crippen molar-refractivity contribution in [3.63, 3.8) is 0 Å². The van der Waals surface area contributed by atoms with Gasteiger partial charge in [-0.2, -0.15) is 11.8 Å². The van der Waals surface area contributed by atoms with Gasteiger partial charge in [-0.25, -0.2) is 0 Å². The van der Waals surface area contributed by atoms with E-state index in [1.165, 1.54) is 5.75 Å². The second kappa shape index (κ2) is 3.92. The van der Waals surface area contributed by atoms with Gasteiger partial charge < -0.3 is 10.5 Å². The van der Waals surface area contributed by atoms with Gasteiger partial charge in [-0.3, -0.25) is 0 Å². The van der Waals surface area contributed by atoms with Gasteiger partial charge in [-0.15, -0.1) is 0 Å². The number of hydrogen-bond donors (Lipinski definition) is 1. The Balaban J connectivity index is 2.00. The van der Waals surface area contributed by atoms with Crippen LogP contribution in [0.25, 0.3) is 0 Å². The van der Waals surface area contributed by atoms with Crippen molar-refractivity contribution in [1.29, 1.82) is 0 Å². The second-order valence-electron chi connectivity index (χ2n) is 3.18. The standard InChI is InChI=1S/C10H13NOS/c11-8-2-1-3-9(6-8)12-10-4-5-13-7-10/h1-3,6,10H,4-5,7,11H2. The normalized spacial score (nSPS) is 21.7. The lowest BCUT2D eigenvalue weighted by Crippen LogP contribution is -2.14. The molecule has 1 aliphatic rings. The predicted molar refractivity (Wildman–Crippen MR) is 57.2 cm³/mol. The number of nitrogen functional groups attached to an aromatic ring is 1. The number of nitrogens with two attached hydrogens (primary N) is 1. The lowest BCUT2D eigenvalue weighted by Gasteiger charge is -2.12. The third kappa shape index (κ3) is 2.31. The Morgan fingerprint density at radius 1 is 1.46 bits per heavy atom. The van der Waals surface area contributed by atoms with Crippen LogP contribution in [0.2, 0.25) is 0 Å². The zero-order valence-electron chi connectivity index (χ0n) is 7.40. The Morgan fingerprint density at radius 2 is 2.38 bits per heavy atom. The highest BCUT2D eigenvalue weighted by molar-refractivity contribution is 7.99. The van der Waals surface area contributed by atoms with Gasteiger partial charge in [0.25, 0.3) is 0 Å². The largest absolute Gasteiger partial charge is 0.489 e. The Morgan fingerprint density at radius 3 is 3.08 bits per heavy atom. The molecule has 1 unspecified atom stereocenters. The third-order valence-electron chi connectivity index (χ3n) is 2.05. The fourth-order valence-electron chi connectivity index (χ4n) is 1.39. The molecule has 0 radical (unpaired) electrons. The molecule has 2 rings (SSSR count). The van der Waals surface area contributed by atoms with Crippen LogP contribution in [0.3, 0.4) is 0 Å². The Kier molecular flexibility index (Phi) is 2.64. The van der Waals surface area contributed by atoms with Crippen LogP contribution in [0.15, 0.2) is 24.3 Å². The summed E-state index contributed by atoms with van der Waals surface area (Å²) >= 11 is 1.95. The molecule has 13 heavy (non-hydrogen) atoms. The minimum atomic E-state index is 0.381. The molecule has 0 amide bonds. The van der Waals surface area contributed by atoms with Gasteiger partial charge in [0, 0.05) is 17.5 Å². The topological polar surface area (TPSA) is 35.2 Å². The van der Waals surface area contributed by atoms with E-state index in [-0.39, 0.29) is 0 Å². The first kappa shape index (κ1) is 8.75. The Hall–Kier alpha value is -0.830. The SMILES string of the molecule is Nc1cccc(OC2CCSC2)c1. The van der Waals surface area contributed by atoms with Gasteiger partial charge in [0.05, 0.1) is 0 Å². The summed E-state index contributed by atoms with van der Waals surface area (Å²) in [6.45, 7) is 0. The van der Waals surface area contributed by atoms with Gasteiger partial charge in [0.2, 0.25) is 0 Å². The molecule has 1 atom stereocenters. The number of benzene rings is 1. The lowest BCUT2D eigenvalue weighted by atomic mass is 10.3. The fraction of sp³-hybridized carbons (Fsp3) is 0.400. The highest BCUT2D eigenvalue weighted by Crippen LogP contribution is 2.23. The first-order chi connectivity index (χ1) is 6.34. The van der Waals surface area contributed by atoms with Crippen LogP contribution in [-0.2, 0) is 0 Å². The molecule has 1 aromatic carbocycles. The van der Waals surface area contributed by atoms with Gasteiger partial charge in [0.15, 0.2) is 0 Å². The van der Waals surface area contributed by atoms with Gasteiger partial charge in [-0.1, -0.05) is 6.07 Å². The number of ether oxygens (including phenoxy) is 1. The van der Waals surface area contributed by atoms with E-state index < -0.39 is 0 Å². The van der Waals surface area contributed by atoms with E-state index in [9.17, 15) is 0 Å². The van der Waals surface area contributed by atoms with Crippen LogP contribution in [0.4, 0.5) is 5.69 Å². The molecule has 0 aliphatic carbocycles. The van der Waals surface area contributed by atoms with Crippen LogP contribution in [-0.4, -0.2) is 17.6 Å². The highest BCUT2D eigenvalue weighted by Gasteiger charge is 2.16. The Labute approximate surface area is 82.5 Å². The molecule has 1 saturated heterocycles. The molecule has 1 aromatic rings. The van der Waals surface area contributed by atoms with Crippen LogP contribution in [0.5, 0.6) is 5.75 Å². The summed E-state index contributed by atoms with van der Waals surface area (Å²) in [5.41, 5.74) is 6.41. The van der Waals surface area contributed by atoms with E-state index in [0.717, 1.165) is 23.6 Å². The molecule has 1 heterocycles. The Bertz CT molecular complexity index is 284. The van der Waals surface area contributed by atoms with E-state index >= 15 is 0 Å². The van der Waals surface area contributed by atoms with Crippen LogP contribution in [0.1, 0.15) is 6.42 Å². The van der Waals surface area contributed by atoms with Crippen molar-refractivity contribution < 1.29 is 4.74 Å². The average molecular weight is 195 g/mol. The molecule has 2 N–H and O–H groups in total. The molecular formula is C10H13NOS. The maximum absolute atomic E-state index is 5.76. The molecule has 3 heteroatoms. The first-order valence-electron chi connectivity index (χ1n) is 4.44. The van der Waals surface area contributed by atoms with E-state index in [2.05, 4.69) is 0 Å². The monoisotopic (exact) mass is 195 g/mol. The van der Waals surface area contributed by atoms with Crippen LogP contribution in [0, 0.1) is 0 Å². The second-order valence-corrected chi connectivity index (χ2v) is 4.33. The summed E-state index contributed by atoms with van der Waals surface area (Å²) in [5, 5.41) is 0. The molecule has 1 fully saturated rings. The molecule has 0 saturated carbocycles. The molecule has 1 aliphatic heterocycles. The number of rotatable bonds is 2. The van der Waals surface area contributed by atoms with Crippen molar-refractivity contribution in [2.45, 2.75) is 12.5 Å². The highest BCUT2D eigenvalue weighted by atomic mass is 32.2. The summed E-state index contributed by atoms with van der Waals surface area (Å²) in [7, 11) is 0. The van der Waals surface area contributed by atoms with Crippen molar-refractivity contribution in [3.05, 3.63) is 24.3 Å². The van der Waals surface area contributed by atoms with E-state index in [4.69, 9.17) is 10.5 Å². The van der Waals surface area contributed by atoms with Crippen molar-refractivity contribution in [1.82, 2.24) is 0 Å². The van der Waals surface area contributed by atoms with Crippen molar-refractivity contribution in [2.24, 2.45) is 0 Å². The van der Waals surface area contributed by atoms with Crippen molar-refractivity contribution in [3.8, 4) is 5.75 Å². The first-order valence-corrected chi connectivity index (χ1v) is 5.60. The minimum absolute atomic E-state index is 0.381. The smallest absolute Gasteiger partial charge is 0.121 e. The predicted octanol–water partition coefficient (Wildman–Crippen LogP) is 2.15. The minimum Gasteiger partial charge on any atom is -0.489 e. The third-order valence-corrected chi connectivity index (χ3v) is 3.18. The molecular weight excluding hydrogens is 182 g/mol. The molecule has 2 nitrogen and oxygen atoms in total. The fourth-order valence-corrected chi connectivity index (χ4v) is 2.48. The van der Waals surface area contributed by atoms with Crippen molar-refractivity contribution >= 4 is 17.4 Å². The van der Waals surface area contributed by atoms with E-state index in [1.807, 2.05) is 36.0 Å². The summed E-state index contributed by atoms with van der Waals surface area (Å²) in [5.74, 6) is 3.22. The van der Waals surface area contributed by atoms with Gasteiger partial charge >= 0.3 is 0 Å². The zero-order chi connectivity index (χ0) is 9.10. The number of thioether (sulfide) groups is 1. The zero-order valence-corrected chi connectivity index (χ0v) is 8.22. The number of anilines is 1.